The fourth-order valence-electron chi connectivity index (χ4n) is 2.34. The molecule has 1 heterocycles. The summed E-state index contributed by atoms with van der Waals surface area (Å²) in [6, 6.07) is 8.26. The van der Waals surface area contributed by atoms with Crippen LogP contribution in [0, 0.1) is 0 Å². The molecule has 2 aromatic rings. The number of rotatable bonds is 7. The third-order valence-corrected chi connectivity index (χ3v) is 3.64. The summed E-state index contributed by atoms with van der Waals surface area (Å²) in [5.41, 5.74) is 8.92. The van der Waals surface area contributed by atoms with E-state index in [0.717, 1.165) is 35.7 Å². The van der Waals surface area contributed by atoms with Crippen molar-refractivity contribution in [1.29, 1.82) is 0 Å². The molecule has 5 heteroatoms. The molecule has 112 valence electrons. The van der Waals surface area contributed by atoms with E-state index in [9.17, 15) is 0 Å². The van der Waals surface area contributed by atoms with E-state index >= 15 is 0 Å². The molecular formula is C16H22N4O. The maximum Gasteiger partial charge on any atom is 0.119 e. The number of hydrogen-bond acceptors (Lipinski definition) is 4. The molecule has 0 saturated heterocycles. The second-order valence-electron chi connectivity index (χ2n) is 5.61. The number of nitrogens with one attached hydrogen (secondary N) is 1. The zero-order chi connectivity index (χ0) is 14.7. The van der Waals surface area contributed by atoms with Crippen molar-refractivity contribution in [3.8, 4) is 16.9 Å². The second-order valence-corrected chi connectivity index (χ2v) is 5.61. The summed E-state index contributed by atoms with van der Waals surface area (Å²) in [5, 5.41) is 7.32. The summed E-state index contributed by atoms with van der Waals surface area (Å²) in [7, 11) is 2.05. The predicted octanol–water partition coefficient (Wildman–Crippen LogP) is 2.01. The molecule has 5 nitrogen and oxygen atoms in total. The maximum atomic E-state index is 5.78. The lowest BCUT2D eigenvalue weighted by Gasteiger charge is -2.14. The minimum absolute atomic E-state index is 0.435. The average Bonchev–Trinajstić information content (AvgIpc) is 3.17. The number of aromatic amines is 1. The smallest absolute Gasteiger partial charge is 0.119 e. The first kappa shape index (κ1) is 14.1. The number of nitrogens with zero attached hydrogens (tertiary/aromatic N) is 2. The number of nitrogens with two attached hydrogens (primary N) is 1. The van der Waals surface area contributed by atoms with Crippen molar-refractivity contribution >= 4 is 0 Å². The highest BCUT2D eigenvalue weighted by Gasteiger charge is 2.23. The number of aromatic nitrogens is 2. The van der Waals surface area contributed by atoms with E-state index in [1.54, 1.807) is 0 Å². The highest BCUT2D eigenvalue weighted by Crippen LogP contribution is 2.29. The molecule has 3 rings (SSSR count). The molecule has 0 aliphatic heterocycles. The predicted molar refractivity (Wildman–Crippen MR) is 83.1 cm³/mol. The van der Waals surface area contributed by atoms with Crippen molar-refractivity contribution in [2.75, 3.05) is 20.1 Å². The van der Waals surface area contributed by atoms with Crippen molar-refractivity contribution in [3.63, 3.8) is 0 Å². The third-order valence-electron chi connectivity index (χ3n) is 3.64. The van der Waals surface area contributed by atoms with Crippen LogP contribution in [0.15, 0.2) is 30.5 Å². The van der Waals surface area contributed by atoms with Crippen LogP contribution in [0.3, 0.4) is 0 Å². The summed E-state index contributed by atoms with van der Waals surface area (Å²) in [5.74, 6) is 0.951. The molecule has 0 bridgehead atoms. The van der Waals surface area contributed by atoms with Gasteiger partial charge in [-0.05, 0) is 37.6 Å². The van der Waals surface area contributed by atoms with Crippen LogP contribution in [0.2, 0.25) is 0 Å². The van der Waals surface area contributed by atoms with Crippen LogP contribution in [0.5, 0.6) is 5.75 Å². The van der Waals surface area contributed by atoms with Gasteiger partial charge in [0.25, 0.3) is 0 Å². The maximum absolute atomic E-state index is 5.78. The first-order chi connectivity index (χ1) is 10.3. The van der Waals surface area contributed by atoms with Gasteiger partial charge in [-0.25, -0.2) is 0 Å². The van der Waals surface area contributed by atoms with E-state index in [2.05, 4.69) is 34.3 Å². The third kappa shape index (κ3) is 3.62. The highest BCUT2D eigenvalue weighted by atomic mass is 16.5. The zero-order valence-corrected chi connectivity index (χ0v) is 12.4. The highest BCUT2D eigenvalue weighted by molar-refractivity contribution is 5.65. The van der Waals surface area contributed by atoms with Gasteiger partial charge in [0.1, 0.15) is 5.75 Å². The van der Waals surface area contributed by atoms with Crippen molar-refractivity contribution in [3.05, 3.63) is 36.2 Å². The fourth-order valence-corrected chi connectivity index (χ4v) is 2.34. The van der Waals surface area contributed by atoms with Crippen LogP contribution < -0.4 is 10.5 Å². The van der Waals surface area contributed by atoms with Gasteiger partial charge in [0, 0.05) is 31.4 Å². The minimum Gasteiger partial charge on any atom is -0.490 e. The molecule has 3 N–H and O–H groups in total. The normalized spacial score (nSPS) is 14.6. The molecule has 0 radical (unpaired) electrons. The van der Waals surface area contributed by atoms with Crippen LogP contribution in [0.1, 0.15) is 18.5 Å². The molecule has 1 fully saturated rings. The summed E-state index contributed by atoms with van der Waals surface area (Å²) in [6.07, 6.45) is 4.75. The van der Waals surface area contributed by atoms with E-state index in [1.165, 1.54) is 12.8 Å². The van der Waals surface area contributed by atoms with Crippen molar-refractivity contribution in [2.24, 2.45) is 5.73 Å². The number of H-pyrrole nitrogens is 1. The first-order valence-electron chi connectivity index (χ1n) is 7.44. The van der Waals surface area contributed by atoms with Gasteiger partial charge in [-0.15, -0.1) is 0 Å². The van der Waals surface area contributed by atoms with Crippen molar-refractivity contribution in [1.82, 2.24) is 15.1 Å². The van der Waals surface area contributed by atoms with Gasteiger partial charge >= 0.3 is 0 Å². The van der Waals surface area contributed by atoms with Gasteiger partial charge in [-0.3, -0.25) is 10.00 Å². The Labute approximate surface area is 125 Å². The summed E-state index contributed by atoms with van der Waals surface area (Å²) in [4.78, 5) is 2.17. The SMILES string of the molecule is CN(CCN)Cc1n[nH]cc1-c1ccc(OC2CC2)cc1. The Kier molecular flexibility index (Phi) is 4.22. The first-order valence-corrected chi connectivity index (χ1v) is 7.44. The Bertz CT molecular complexity index is 574. The average molecular weight is 286 g/mol. The van der Waals surface area contributed by atoms with Gasteiger partial charge in [0.2, 0.25) is 0 Å². The molecule has 21 heavy (non-hydrogen) atoms. The topological polar surface area (TPSA) is 67.2 Å². The molecule has 1 saturated carbocycles. The lowest BCUT2D eigenvalue weighted by Crippen LogP contribution is -2.25. The lowest BCUT2D eigenvalue weighted by atomic mass is 10.1. The number of ether oxygens (including phenoxy) is 1. The van der Waals surface area contributed by atoms with Gasteiger partial charge in [0.15, 0.2) is 0 Å². The van der Waals surface area contributed by atoms with Crippen molar-refractivity contribution < 1.29 is 4.74 Å². The van der Waals surface area contributed by atoms with Gasteiger partial charge in [-0.1, -0.05) is 12.1 Å². The van der Waals surface area contributed by atoms with E-state index in [-0.39, 0.29) is 0 Å². The van der Waals surface area contributed by atoms with Crippen LogP contribution in [-0.4, -0.2) is 41.3 Å². The Hall–Kier alpha value is -1.85. The second kappa shape index (κ2) is 6.28. The molecule has 1 aliphatic carbocycles. The molecule has 0 amide bonds. The standard InChI is InChI=1S/C16H22N4O/c1-20(9-8-17)11-16-15(10-18-19-16)12-2-4-13(5-3-12)21-14-6-7-14/h2-5,10,14H,6-9,11,17H2,1H3,(H,18,19). The molecule has 1 aromatic heterocycles. The number of likely N-dealkylation sites (N-methyl/N-ethyl adjacent to an activating group) is 1. The number of benzene rings is 1. The van der Waals surface area contributed by atoms with E-state index in [4.69, 9.17) is 10.5 Å². The Morgan fingerprint density at radius 2 is 2.10 bits per heavy atom. The molecule has 0 atom stereocenters. The van der Waals surface area contributed by atoms with Crippen LogP contribution in [0.25, 0.3) is 11.1 Å². The fraction of sp³-hybridized carbons (Fsp3) is 0.438. The Morgan fingerprint density at radius 3 is 2.76 bits per heavy atom. The minimum atomic E-state index is 0.435. The Balaban J connectivity index is 1.72. The van der Waals surface area contributed by atoms with Gasteiger partial charge in [-0.2, -0.15) is 5.10 Å². The van der Waals surface area contributed by atoms with Crippen molar-refractivity contribution in [2.45, 2.75) is 25.5 Å². The lowest BCUT2D eigenvalue weighted by molar-refractivity contribution is 0.303. The summed E-state index contributed by atoms with van der Waals surface area (Å²) < 4.78 is 5.78. The monoisotopic (exact) mass is 286 g/mol. The molecule has 0 spiro atoms. The number of hydrogen-bond donors (Lipinski definition) is 2. The quantitative estimate of drug-likeness (QED) is 0.817. The van der Waals surface area contributed by atoms with Gasteiger partial charge < -0.3 is 10.5 Å². The Morgan fingerprint density at radius 1 is 1.33 bits per heavy atom. The van der Waals surface area contributed by atoms with Crippen LogP contribution in [0.4, 0.5) is 0 Å². The van der Waals surface area contributed by atoms with E-state index in [0.29, 0.717) is 12.6 Å². The van der Waals surface area contributed by atoms with E-state index in [1.807, 2.05) is 18.3 Å². The van der Waals surface area contributed by atoms with E-state index < -0.39 is 0 Å². The zero-order valence-electron chi connectivity index (χ0n) is 12.4. The van der Waals surface area contributed by atoms with Gasteiger partial charge in [0.05, 0.1) is 11.8 Å². The molecule has 1 aromatic carbocycles. The van der Waals surface area contributed by atoms with Crippen LogP contribution in [-0.2, 0) is 6.54 Å². The molecule has 0 unspecified atom stereocenters. The van der Waals surface area contributed by atoms with Crippen LogP contribution >= 0.6 is 0 Å². The largest absolute Gasteiger partial charge is 0.490 e. The summed E-state index contributed by atoms with van der Waals surface area (Å²) in [6.45, 7) is 2.31. The molecule has 1 aliphatic rings. The molecular weight excluding hydrogens is 264 g/mol. The summed E-state index contributed by atoms with van der Waals surface area (Å²) >= 11 is 0.